The molecule has 1 heterocycles. The number of anilines is 1. The molecule has 1 aromatic heterocycles. The van der Waals surface area contributed by atoms with Gasteiger partial charge in [0.2, 0.25) is 5.06 Å². The maximum absolute atomic E-state index is 12.5. The highest BCUT2D eigenvalue weighted by Gasteiger charge is 2.21. The first-order valence-corrected chi connectivity index (χ1v) is 9.91. The Morgan fingerprint density at radius 1 is 1.08 bits per heavy atom. The summed E-state index contributed by atoms with van der Waals surface area (Å²) in [6.45, 7) is 0. The molecule has 2 aromatic carbocycles. The quantitative estimate of drug-likeness (QED) is 0.583. The van der Waals surface area contributed by atoms with Gasteiger partial charge in [-0.1, -0.05) is 53.3 Å². The largest absolute Gasteiger partial charge is 0.512 e. The topological polar surface area (TPSA) is 92.7 Å². The van der Waals surface area contributed by atoms with Crippen molar-refractivity contribution in [3.05, 3.63) is 65.7 Å². The number of benzene rings is 2. The third-order valence-electron chi connectivity index (χ3n) is 3.30. The third-order valence-corrected chi connectivity index (χ3v) is 6.00. The number of halogens is 1. The van der Waals surface area contributed by atoms with Crippen LogP contribution in [-0.4, -0.2) is 19.7 Å². The molecule has 0 unspecified atom stereocenters. The van der Waals surface area contributed by atoms with Crippen LogP contribution in [0.1, 0.15) is 0 Å². The van der Waals surface area contributed by atoms with E-state index in [1.807, 2.05) is 30.3 Å². The normalized spacial score (nSPS) is 11.1. The predicted molar refractivity (Wildman–Crippen MR) is 101 cm³/mol. The van der Waals surface area contributed by atoms with Gasteiger partial charge in [0.1, 0.15) is 5.69 Å². The molecule has 0 radical (unpaired) electrons. The van der Waals surface area contributed by atoms with Crippen LogP contribution in [0.25, 0.3) is 10.4 Å². The maximum atomic E-state index is 12.5. The molecule has 2 N–H and O–H groups in total. The van der Waals surface area contributed by atoms with Gasteiger partial charge in [-0.15, -0.1) is 0 Å². The lowest BCUT2D eigenvalue weighted by Crippen LogP contribution is -2.13. The van der Waals surface area contributed by atoms with Crippen molar-refractivity contribution in [2.75, 3.05) is 4.72 Å². The highest BCUT2D eigenvalue weighted by atomic mass is 35.5. The summed E-state index contributed by atoms with van der Waals surface area (Å²) in [7, 11) is -3.93. The van der Waals surface area contributed by atoms with Gasteiger partial charge >= 0.3 is 6.16 Å². The molecular weight excluding hydrogens is 398 g/mol. The molecule has 0 aliphatic heterocycles. The molecule has 6 nitrogen and oxygen atoms in total. The second-order valence-electron chi connectivity index (χ2n) is 5.11. The third kappa shape index (κ3) is 4.16. The molecule has 0 amide bonds. The van der Waals surface area contributed by atoms with E-state index >= 15 is 0 Å². The van der Waals surface area contributed by atoms with Gasteiger partial charge < -0.3 is 9.84 Å². The maximum Gasteiger partial charge on any atom is 0.512 e. The van der Waals surface area contributed by atoms with Crippen LogP contribution < -0.4 is 9.46 Å². The smallest absolute Gasteiger partial charge is 0.449 e. The number of hydrogen-bond acceptors (Lipinski definition) is 5. The first-order chi connectivity index (χ1) is 12.3. The lowest BCUT2D eigenvalue weighted by Gasteiger charge is -2.08. The van der Waals surface area contributed by atoms with Crippen molar-refractivity contribution in [1.82, 2.24) is 0 Å². The Kier molecular flexibility index (Phi) is 5.17. The molecule has 0 aliphatic rings. The average molecular weight is 410 g/mol. The molecule has 134 valence electrons. The van der Waals surface area contributed by atoms with Crippen LogP contribution in [0.15, 0.2) is 65.6 Å². The van der Waals surface area contributed by atoms with Crippen molar-refractivity contribution >= 4 is 44.8 Å². The van der Waals surface area contributed by atoms with E-state index in [9.17, 15) is 13.2 Å². The van der Waals surface area contributed by atoms with E-state index in [0.29, 0.717) is 9.90 Å². The van der Waals surface area contributed by atoms with Gasteiger partial charge in [0.15, 0.2) is 0 Å². The summed E-state index contributed by atoms with van der Waals surface area (Å²) in [6, 6.07) is 16.3. The molecule has 0 atom stereocenters. The fourth-order valence-corrected chi connectivity index (χ4v) is 4.37. The SMILES string of the molecule is O=C(O)Oc1sc(-c2ccccc2)cc1NS(=O)(=O)c1ccc(Cl)cc1. The first-order valence-electron chi connectivity index (χ1n) is 7.23. The Morgan fingerprint density at radius 2 is 1.73 bits per heavy atom. The summed E-state index contributed by atoms with van der Waals surface area (Å²) in [5.74, 6) is 0. The van der Waals surface area contributed by atoms with Crippen LogP contribution in [0.5, 0.6) is 5.06 Å². The molecule has 3 aromatic rings. The summed E-state index contributed by atoms with van der Waals surface area (Å²) >= 11 is 6.80. The number of sulfonamides is 1. The van der Waals surface area contributed by atoms with Gasteiger partial charge in [0.05, 0.1) is 4.90 Å². The van der Waals surface area contributed by atoms with Crippen molar-refractivity contribution in [3.8, 4) is 15.5 Å². The monoisotopic (exact) mass is 409 g/mol. The Balaban J connectivity index is 1.99. The number of carbonyl (C=O) groups is 1. The summed E-state index contributed by atoms with van der Waals surface area (Å²) in [5, 5.41) is 9.25. The molecular formula is C17H12ClNO5S2. The highest BCUT2D eigenvalue weighted by molar-refractivity contribution is 7.92. The van der Waals surface area contributed by atoms with E-state index in [4.69, 9.17) is 21.4 Å². The second-order valence-corrected chi connectivity index (χ2v) is 8.24. The Hall–Kier alpha value is -2.55. The molecule has 9 heteroatoms. The van der Waals surface area contributed by atoms with E-state index < -0.39 is 16.2 Å². The predicted octanol–water partition coefficient (Wildman–Crippen LogP) is 4.93. The average Bonchev–Trinajstić information content (AvgIpc) is 2.97. The zero-order chi connectivity index (χ0) is 18.7. The Morgan fingerprint density at radius 3 is 2.35 bits per heavy atom. The minimum atomic E-state index is -3.93. The summed E-state index contributed by atoms with van der Waals surface area (Å²) < 4.78 is 32.2. The van der Waals surface area contributed by atoms with E-state index in [0.717, 1.165) is 16.9 Å². The standard InChI is InChI=1S/C17H12ClNO5S2/c18-12-6-8-13(9-7-12)26(22,23)19-14-10-15(11-4-2-1-3-5-11)25-16(14)24-17(20)21/h1-10,19H,(H,20,21). The van der Waals surface area contributed by atoms with Crippen LogP contribution in [0.4, 0.5) is 10.5 Å². The first kappa shape index (κ1) is 18.2. The van der Waals surface area contributed by atoms with Gasteiger partial charge in [-0.25, -0.2) is 13.2 Å². The lowest BCUT2D eigenvalue weighted by molar-refractivity contribution is 0.146. The van der Waals surface area contributed by atoms with Crippen LogP contribution in [-0.2, 0) is 10.0 Å². The van der Waals surface area contributed by atoms with E-state index in [1.54, 1.807) is 0 Å². The van der Waals surface area contributed by atoms with Gasteiger partial charge in [-0.3, -0.25) is 4.72 Å². The van der Waals surface area contributed by atoms with Crippen molar-refractivity contribution in [3.63, 3.8) is 0 Å². The van der Waals surface area contributed by atoms with Crippen LogP contribution in [0.2, 0.25) is 5.02 Å². The molecule has 3 rings (SSSR count). The molecule has 0 fully saturated rings. The van der Waals surface area contributed by atoms with Crippen LogP contribution >= 0.6 is 22.9 Å². The number of nitrogens with one attached hydrogen (secondary N) is 1. The number of thiophene rings is 1. The van der Waals surface area contributed by atoms with E-state index in [1.165, 1.54) is 30.3 Å². The molecule has 0 spiro atoms. The van der Waals surface area contributed by atoms with E-state index in [2.05, 4.69) is 4.72 Å². The molecule has 0 bridgehead atoms. The van der Waals surface area contributed by atoms with Gasteiger partial charge in [-0.05, 0) is 35.9 Å². The summed E-state index contributed by atoms with van der Waals surface area (Å²) in [5.41, 5.74) is 0.857. The van der Waals surface area contributed by atoms with Crippen molar-refractivity contribution in [2.24, 2.45) is 0 Å². The van der Waals surface area contributed by atoms with Gasteiger partial charge in [-0.2, -0.15) is 0 Å². The molecule has 0 saturated heterocycles. The molecule has 0 saturated carbocycles. The van der Waals surface area contributed by atoms with Crippen molar-refractivity contribution in [1.29, 1.82) is 0 Å². The van der Waals surface area contributed by atoms with Gasteiger partial charge in [0.25, 0.3) is 10.0 Å². The minimum Gasteiger partial charge on any atom is -0.449 e. The number of hydrogen-bond donors (Lipinski definition) is 2. The zero-order valence-corrected chi connectivity index (χ0v) is 15.4. The Labute approximate surface area is 158 Å². The fourth-order valence-electron chi connectivity index (χ4n) is 2.16. The number of carboxylic acid groups (broad SMARTS) is 1. The van der Waals surface area contributed by atoms with Crippen LogP contribution in [0, 0.1) is 0 Å². The second kappa shape index (κ2) is 7.36. The summed E-state index contributed by atoms with van der Waals surface area (Å²) in [4.78, 5) is 11.6. The van der Waals surface area contributed by atoms with E-state index in [-0.39, 0.29) is 15.6 Å². The fraction of sp³-hybridized carbons (Fsp3) is 0. The lowest BCUT2D eigenvalue weighted by atomic mass is 10.2. The van der Waals surface area contributed by atoms with Crippen molar-refractivity contribution < 1.29 is 23.1 Å². The minimum absolute atomic E-state index is 0.00404. The van der Waals surface area contributed by atoms with Crippen LogP contribution in [0.3, 0.4) is 0 Å². The molecule has 0 aliphatic carbocycles. The number of ether oxygens (including phenoxy) is 1. The molecule has 26 heavy (non-hydrogen) atoms. The number of rotatable bonds is 5. The summed E-state index contributed by atoms with van der Waals surface area (Å²) in [6.07, 6.45) is -1.53. The van der Waals surface area contributed by atoms with Gasteiger partial charge in [0, 0.05) is 9.90 Å². The zero-order valence-electron chi connectivity index (χ0n) is 13.0. The highest BCUT2D eigenvalue weighted by Crippen LogP contribution is 2.41. The Bertz CT molecular complexity index is 1030. The van der Waals surface area contributed by atoms with Crippen molar-refractivity contribution in [2.45, 2.75) is 4.90 Å².